The molecule has 9 nitrogen and oxygen atoms in total. The highest BCUT2D eigenvalue weighted by atomic mass is 15.5. The third kappa shape index (κ3) is 5.92. The number of aromatic nitrogens is 2. The van der Waals surface area contributed by atoms with Gasteiger partial charge in [0.25, 0.3) is 0 Å². The molecule has 2 aromatic rings. The number of piperidine rings is 1. The lowest BCUT2D eigenvalue weighted by Crippen LogP contribution is -2.48. The Morgan fingerprint density at radius 3 is 2.42 bits per heavy atom. The quantitative estimate of drug-likeness (QED) is 0.419. The second-order valence-electron chi connectivity index (χ2n) is 12.7. The van der Waals surface area contributed by atoms with E-state index >= 15 is 0 Å². The largest absolute Gasteiger partial charge is 0.367 e. The zero-order valence-corrected chi connectivity index (χ0v) is 23.7. The first-order valence-corrected chi connectivity index (χ1v) is 14.9. The van der Waals surface area contributed by atoms with E-state index in [0.29, 0.717) is 24.2 Å². The van der Waals surface area contributed by atoms with Crippen LogP contribution in [0.25, 0.3) is 10.9 Å². The molecule has 4 aliphatic heterocycles. The first kappa shape index (κ1) is 26.2. The Labute approximate surface area is 228 Å². The third-order valence-corrected chi connectivity index (χ3v) is 8.94. The fourth-order valence-corrected chi connectivity index (χ4v) is 6.97. The van der Waals surface area contributed by atoms with E-state index in [9.17, 15) is 0 Å². The van der Waals surface area contributed by atoms with Gasteiger partial charge in [0.15, 0.2) is 0 Å². The lowest BCUT2D eigenvalue weighted by Gasteiger charge is -2.40. The molecule has 0 aromatic carbocycles. The van der Waals surface area contributed by atoms with Crippen LogP contribution in [0.4, 0.5) is 11.6 Å². The Kier molecular flexibility index (Phi) is 7.73. The second-order valence-corrected chi connectivity index (χ2v) is 12.7. The molecule has 4 N–H and O–H groups in total. The van der Waals surface area contributed by atoms with Crippen LogP contribution in [0.3, 0.4) is 0 Å². The number of piperazine rings is 1. The molecule has 4 fully saturated rings. The van der Waals surface area contributed by atoms with Crippen molar-refractivity contribution in [1.29, 1.82) is 0 Å². The molecule has 2 aromatic heterocycles. The summed E-state index contributed by atoms with van der Waals surface area (Å²) in [4.78, 5) is 18.0. The van der Waals surface area contributed by atoms with Gasteiger partial charge in [-0.05, 0) is 64.1 Å². The topological polar surface area (TPSA) is 83.6 Å². The molecule has 3 unspecified atom stereocenters. The van der Waals surface area contributed by atoms with Crippen LogP contribution in [0, 0.1) is 5.92 Å². The van der Waals surface area contributed by atoms with Crippen molar-refractivity contribution in [2.45, 2.75) is 89.8 Å². The van der Waals surface area contributed by atoms with Crippen LogP contribution in [0.15, 0.2) is 18.2 Å². The molecular weight excluding hydrogens is 474 g/mol. The summed E-state index contributed by atoms with van der Waals surface area (Å²) < 4.78 is 0. The maximum Gasteiger partial charge on any atom is 0.138 e. The Morgan fingerprint density at radius 2 is 1.74 bits per heavy atom. The van der Waals surface area contributed by atoms with E-state index in [2.05, 4.69) is 82.2 Å². The summed E-state index contributed by atoms with van der Waals surface area (Å²) in [7, 11) is 2.21. The van der Waals surface area contributed by atoms with Gasteiger partial charge in [0.2, 0.25) is 0 Å². The summed E-state index contributed by atoms with van der Waals surface area (Å²) >= 11 is 0. The van der Waals surface area contributed by atoms with Gasteiger partial charge in [0.1, 0.15) is 11.6 Å². The summed E-state index contributed by atoms with van der Waals surface area (Å²) in [5.74, 6) is 2.59. The predicted molar refractivity (Wildman–Crippen MR) is 155 cm³/mol. The Bertz CT molecular complexity index is 1080. The summed E-state index contributed by atoms with van der Waals surface area (Å²) in [6.07, 6.45) is 6.24. The van der Waals surface area contributed by atoms with Crippen LogP contribution in [-0.2, 0) is 6.54 Å². The predicted octanol–water partition coefficient (Wildman–Crippen LogP) is 3.06. The maximum atomic E-state index is 5.16. The first-order valence-electron chi connectivity index (χ1n) is 14.9. The summed E-state index contributed by atoms with van der Waals surface area (Å²) in [5, 5.41) is 8.65. The molecule has 5 atom stereocenters. The molecule has 0 aliphatic carbocycles. The Morgan fingerprint density at radius 1 is 0.974 bits per heavy atom. The van der Waals surface area contributed by atoms with Crippen molar-refractivity contribution < 1.29 is 0 Å². The van der Waals surface area contributed by atoms with Crippen LogP contribution in [-0.4, -0.2) is 94.8 Å². The molecule has 38 heavy (non-hydrogen) atoms. The standard InChI is InChI=1S/C29H47N9/c1-19(2)17-38-23-6-7-24(38)15-22(14-23)31-29-25-8-5-21(18-37-11-9-36(4)10-12-37)30-26(25)16-27(33-29)32-28-13-20(3)34-35-28/h5,8,16,19-20,22-24,28,34-35H,6-7,9-15,17-18H2,1-4H3,(H2,31,32,33)/t20?,22?,23-,24+,28?. The second kappa shape index (κ2) is 11.2. The van der Waals surface area contributed by atoms with Gasteiger partial charge in [-0.25, -0.2) is 10.4 Å². The molecule has 208 valence electrons. The van der Waals surface area contributed by atoms with Crippen LogP contribution < -0.4 is 21.5 Å². The molecule has 6 heterocycles. The average Bonchev–Trinajstić information content (AvgIpc) is 3.37. The van der Waals surface area contributed by atoms with E-state index in [-0.39, 0.29) is 6.17 Å². The smallest absolute Gasteiger partial charge is 0.138 e. The number of hydrogen-bond acceptors (Lipinski definition) is 9. The Balaban J connectivity index is 1.23. The zero-order chi connectivity index (χ0) is 26.2. The maximum absolute atomic E-state index is 5.16. The number of fused-ring (bicyclic) bond motifs is 3. The highest BCUT2D eigenvalue weighted by Gasteiger charge is 2.40. The van der Waals surface area contributed by atoms with Crippen molar-refractivity contribution in [1.82, 2.24) is 35.5 Å². The molecular formula is C29H47N9. The molecule has 0 spiro atoms. The van der Waals surface area contributed by atoms with Crippen molar-refractivity contribution >= 4 is 22.5 Å². The van der Waals surface area contributed by atoms with Gasteiger partial charge in [0.05, 0.1) is 17.4 Å². The number of nitrogens with one attached hydrogen (secondary N) is 4. The van der Waals surface area contributed by atoms with Gasteiger partial charge in [-0.3, -0.25) is 20.2 Å². The number of rotatable bonds is 8. The minimum absolute atomic E-state index is 0.159. The van der Waals surface area contributed by atoms with Crippen molar-refractivity contribution in [2.75, 3.05) is 50.4 Å². The molecule has 4 saturated heterocycles. The highest BCUT2D eigenvalue weighted by Crippen LogP contribution is 2.38. The van der Waals surface area contributed by atoms with E-state index in [4.69, 9.17) is 9.97 Å². The van der Waals surface area contributed by atoms with Crippen molar-refractivity contribution in [2.24, 2.45) is 5.92 Å². The van der Waals surface area contributed by atoms with Crippen molar-refractivity contribution in [3.05, 3.63) is 23.9 Å². The van der Waals surface area contributed by atoms with Crippen LogP contribution >= 0.6 is 0 Å². The minimum atomic E-state index is 0.159. The lowest BCUT2D eigenvalue weighted by molar-refractivity contribution is 0.117. The normalized spacial score (nSPS) is 30.9. The van der Waals surface area contributed by atoms with E-state index in [1.807, 2.05) is 0 Å². The number of nitrogens with zero attached hydrogens (tertiary/aromatic N) is 5. The highest BCUT2D eigenvalue weighted by molar-refractivity contribution is 5.91. The van der Waals surface area contributed by atoms with Crippen molar-refractivity contribution in [3.8, 4) is 0 Å². The Hall–Kier alpha value is -2.04. The first-order chi connectivity index (χ1) is 18.4. The number of anilines is 2. The van der Waals surface area contributed by atoms with E-state index < -0.39 is 0 Å². The average molecular weight is 522 g/mol. The van der Waals surface area contributed by atoms with Crippen LogP contribution in [0.1, 0.15) is 58.6 Å². The lowest BCUT2D eigenvalue weighted by atomic mass is 9.96. The fourth-order valence-electron chi connectivity index (χ4n) is 6.97. The van der Waals surface area contributed by atoms with Crippen LogP contribution in [0.2, 0.25) is 0 Å². The molecule has 9 heteroatoms. The van der Waals surface area contributed by atoms with E-state index in [1.165, 1.54) is 32.2 Å². The molecule has 0 amide bonds. The third-order valence-electron chi connectivity index (χ3n) is 8.94. The number of hydrazine groups is 1. The summed E-state index contributed by atoms with van der Waals surface area (Å²) in [6.45, 7) is 13.5. The fraction of sp³-hybridized carbons (Fsp3) is 0.724. The number of pyridine rings is 2. The molecule has 0 radical (unpaired) electrons. The van der Waals surface area contributed by atoms with Gasteiger partial charge in [0, 0.05) is 74.9 Å². The SMILES string of the molecule is CC(C)CN1[C@@H]2CC[C@H]1CC(Nc1nc(NC3CC(C)NN3)cc3nc(CN4CCN(C)CC4)ccc13)C2. The van der Waals surface area contributed by atoms with Gasteiger partial charge in [-0.1, -0.05) is 13.8 Å². The molecule has 0 saturated carbocycles. The number of likely N-dealkylation sites (N-methyl/N-ethyl adjacent to an activating group) is 1. The molecule has 4 aliphatic rings. The number of hydrogen-bond donors (Lipinski definition) is 4. The summed E-state index contributed by atoms with van der Waals surface area (Å²) in [6, 6.07) is 8.87. The van der Waals surface area contributed by atoms with Gasteiger partial charge in [-0.15, -0.1) is 0 Å². The van der Waals surface area contributed by atoms with Gasteiger partial charge >= 0.3 is 0 Å². The zero-order valence-electron chi connectivity index (χ0n) is 23.7. The van der Waals surface area contributed by atoms with Gasteiger partial charge < -0.3 is 15.5 Å². The van der Waals surface area contributed by atoms with E-state index in [1.54, 1.807) is 0 Å². The van der Waals surface area contributed by atoms with Crippen LogP contribution in [0.5, 0.6) is 0 Å². The van der Waals surface area contributed by atoms with Gasteiger partial charge in [-0.2, -0.15) is 0 Å². The van der Waals surface area contributed by atoms with Crippen molar-refractivity contribution in [3.63, 3.8) is 0 Å². The monoisotopic (exact) mass is 521 g/mol. The molecule has 2 bridgehead atoms. The van der Waals surface area contributed by atoms with E-state index in [0.717, 1.165) is 73.3 Å². The molecule has 6 rings (SSSR count). The minimum Gasteiger partial charge on any atom is -0.367 e. The summed E-state index contributed by atoms with van der Waals surface area (Å²) in [5.41, 5.74) is 8.83.